The smallest absolute Gasteiger partial charge is 0.192 e. The van der Waals surface area contributed by atoms with Gasteiger partial charge in [-0.3, -0.25) is 4.90 Å². The molecule has 124 valence electrons. The summed E-state index contributed by atoms with van der Waals surface area (Å²) in [4.78, 5) is 2.23. The van der Waals surface area contributed by atoms with Gasteiger partial charge in [0, 0.05) is 18.9 Å². The summed E-state index contributed by atoms with van der Waals surface area (Å²) in [6.07, 6.45) is 7.37. The molecule has 0 spiro atoms. The minimum atomic E-state index is -1.68. The molecule has 0 aromatic heterocycles. The average Bonchev–Trinajstić information content (AvgIpc) is 2.63. The van der Waals surface area contributed by atoms with Crippen molar-refractivity contribution in [2.24, 2.45) is 5.92 Å². The molecule has 2 atom stereocenters. The van der Waals surface area contributed by atoms with E-state index < -0.39 is 11.3 Å². The van der Waals surface area contributed by atoms with Gasteiger partial charge >= 0.3 is 0 Å². The lowest BCUT2D eigenvalue weighted by atomic mass is 9.75. The summed E-state index contributed by atoms with van der Waals surface area (Å²) >= 11 is 0. The summed E-state index contributed by atoms with van der Waals surface area (Å²) in [5, 5.41) is 10.8. The van der Waals surface area contributed by atoms with Crippen molar-refractivity contribution in [3.8, 4) is 11.8 Å². The number of halogens is 1. The van der Waals surface area contributed by atoms with Crippen LogP contribution >= 0.6 is 0 Å². The number of rotatable bonds is 1. The van der Waals surface area contributed by atoms with Crippen LogP contribution in [-0.4, -0.2) is 40.9 Å². The van der Waals surface area contributed by atoms with Gasteiger partial charge in [-0.25, -0.2) is 4.39 Å². The lowest BCUT2D eigenvalue weighted by Gasteiger charge is -2.47. The van der Waals surface area contributed by atoms with Crippen molar-refractivity contribution in [2.45, 2.75) is 30.5 Å². The normalized spacial score (nSPS) is 37.5. The van der Waals surface area contributed by atoms with Crippen LogP contribution in [0.25, 0.3) is 5.57 Å². The molecule has 1 aromatic carbocycles. The lowest BCUT2D eigenvalue weighted by Crippen LogP contribution is -2.58. The Kier molecular flexibility index (Phi) is 3.83. The summed E-state index contributed by atoms with van der Waals surface area (Å²) in [6.45, 7) is 2.60. The van der Waals surface area contributed by atoms with Gasteiger partial charge in [-0.1, -0.05) is 54.3 Å². The Balaban J connectivity index is 1.51. The minimum absolute atomic E-state index is 0.182. The van der Waals surface area contributed by atoms with E-state index in [0.29, 0.717) is 6.54 Å². The van der Waals surface area contributed by atoms with Gasteiger partial charge in [0.2, 0.25) is 0 Å². The first kappa shape index (κ1) is 15.6. The van der Waals surface area contributed by atoms with E-state index in [9.17, 15) is 9.50 Å². The highest BCUT2D eigenvalue weighted by Gasteiger charge is 2.44. The van der Waals surface area contributed by atoms with Crippen LogP contribution in [0.1, 0.15) is 24.8 Å². The zero-order chi connectivity index (χ0) is 16.6. The summed E-state index contributed by atoms with van der Waals surface area (Å²) in [7, 11) is 0. The van der Waals surface area contributed by atoms with E-state index in [-0.39, 0.29) is 12.3 Å². The third kappa shape index (κ3) is 2.92. The molecule has 3 heteroatoms. The molecule has 0 saturated carbocycles. The fourth-order valence-electron chi connectivity index (χ4n) is 3.95. The molecular formula is C21H22FNO. The van der Waals surface area contributed by atoms with Crippen LogP contribution in [0.3, 0.4) is 0 Å². The van der Waals surface area contributed by atoms with Gasteiger partial charge in [-0.2, -0.15) is 0 Å². The Hall–Kier alpha value is -1.89. The van der Waals surface area contributed by atoms with E-state index in [4.69, 9.17) is 0 Å². The molecule has 3 fully saturated rings. The Morgan fingerprint density at radius 2 is 1.88 bits per heavy atom. The average molecular weight is 323 g/mol. The Morgan fingerprint density at radius 3 is 2.46 bits per heavy atom. The van der Waals surface area contributed by atoms with Crippen LogP contribution in [0.2, 0.25) is 0 Å². The summed E-state index contributed by atoms with van der Waals surface area (Å²) in [5.74, 6) is 5.83. The molecule has 3 aliphatic heterocycles. The minimum Gasteiger partial charge on any atom is -0.376 e. The van der Waals surface area contributed by atoms with E-state index in [1.807, 2.05) is 36.4 Å². The second kappa shape index (κ2) is 5.88. The van der Waals surface area contributed by atoms with Crippen molar-refractivity contribution >= 4 is 5.57 Å². The van der Waals surface area contributed by atoms with E-state index in [0.717, 1.165) is 37.1 Å². The van der Waals surface area contributed by atoms with E-state index in [1.54, 1.807) is 6.08 Å². The number of benzene rings is 1. The standard InChI is InChI=1S/C21H22FNO/c22-20(10-6-18(7-11-20)17-4-2-1-3-5-17)12-13-21(24)16-23-14-8-19(21)9-15-23/h1-7,10,19,24H,8-9,11,14-16H2. The quantitative estimate of drug-likeness (QED) is 0.802. The van der Waals surface area contributed by atoms with Gasteiger partial charge in [0.05, 0.1) is 0 Å². The van der Waals surface area contributed by atoms with Crippen LogP contribution < -0.4 is 0 Å². The van der Waals surface area contributed by atoms with Gasteiger partial charge in [-0.05, 0) is 43.1 Å². The van der Waals surface area contributed by atoms with Gasteiger partial charge in [0.25, 0.3) is 0 Å². The van der Waals surface area contributed by atoms with Crippen LogP contribution in [0.5, 0.6) is 0 Å². The zero-order valence-electron chi connectivity index (χ0n) is 13.7. The van der Waals surface area contributed by atoms with Crippen LogP contribution in [0.15, 0.2) is 48.6 Å². The maximum absolute atomic E-state index is 15.0. The molecule has 1 N–H and O–H groups in total. The van der Waals surface area contributed by atoms with Crippen molar-refractivity contribution in [2.75, 3.05) is 19.6 Å². The second-order valence-electron chi connectivity index (χ2n) is 7.15. The molecular weight excluding hydrogens is 301 g/mol. The predicted octanol–water partition coefficient (Wildman–Crippen LogP) is 3.20. The topological polar surface area (TPSA) is 23.5 Å². The fourth-order valence-corrected chi connectivity index (χ4v) is 3.95. The number of piperidine rings is 3. The first-order chi connectivity index (χ1) is 11.6. The molecule has 24 heavy (non-hydrogen) atoms. The molecule has 0 radical (unpaired) electrons. The van der Waals surface area contributed by atoms with Crippen molar-refractivity contribution in [3.05, 3.63) is 54.1 Å². The number of hydrogen-bond donors (Lipinski definition) is 1. The summed E-state index contributed by atoms with van der Waals surface area (Å²) < 4.78 is 15.0. The monoisotopic (exact) mass is 323 g/mol. The van der Waals surface area contributed by atoms with E-state index in [2.05, 4.69) is 16.7 Å². The third-order valence-electron chi connectivity index (χ3n) is 5.47. The maximum atomic E-state index is 15.0. The largest absolute Gasteiger partial charge is 0.376 e. The van der Waals surface area contributed by atoms with Crippen LogP contribution in [0, 0.1) is 17.8 Å². The molecule has 2 nitrogen and oxygen atoms in total. The molecule has 4 aliphatic rings. The Bertz CT molecular complexity index is 736. The molecule has 5 rings (SSSR count). The Morgan fingerprint density at radius 1 is 1.12 bits per heavy atom. The molecule has 2 bridgehead atoms. The van der Waals surface area contributed by atoms with E-state index in [1.165, 1.54) is 6.08 Å². The number of aliphatic hydroxyl groups is 1. The van der Waals surface area contributed by atoms with Crippen molar-refractivity contribution < 1.29 is 9.50 Å². The van der Waals surface area contributed by atoms with Gasteiger partial charge < -0.3 is 5.11 Å². The SMILES string of the molecule is OC1(C#CC2(F)C=CC(c3ccccc3)=CC2)CN2CCC1CC2. The number of fused-ring (bicyclic) bond motifs is 3. The summed E-state index contributed by atoms with van der Waals surface area (Å²) in [6, 6.07) is 9.95. The van der Waals surface area contributed by atoms with Crippen molar-refractivity contribution in [1.29, 1.82) is 0 Å². The van der Waals surface area contributed by atoms with E-state index >= 15 is 0 Å². The fraction of sp³-hybridized carbons (Fsp3) is 0.429. The predicted molar refractivity (Wildman–Crippen MR) is 93.9 cm³/mol. The number of alkyl halides is 1. The second-order valence-corrected chi connectivity index (χ2v) is 7.15. The number of allylic oxidation sites excluding steroid dienone is 4. The first-order valence-corrected chi connectivity index (χ1v) is 8.69. The highest BCUT2D eigenvalue weighted by atomic mass is 19.1. The summed E-state index contributed by atoms with van der Waals surface area (Å²) in [5.41, 5.74) is -0.626. The van der Waals surface area contributed by atoms with Crippen LogP contribution in [-0.2, 0) is 0 Å². The molecule has 1 aromatic rings. The van der Waals surface area contributed by atoms with Gasteiger partial charge in [0.15, 0.2) is 5.67 Å². The third-order valence-corrected chi connectivity index (χ3v) is 5.47. The number of nitrogens with zero attached hydrogens (tertiary/aromatic N) is 1. The highest BCUT2D eigenvalue weighted by Crippen LogP contribution is 2.36. The molecule has 0 amide bonds. The maximum Gasteiger partial charge on any atom is 0.192 e. The zero-order valence-corrected chi connectivity index (χ0v) is 13.7. The molecule has 3 heterocycles. The Labute approximate surface area is 142 Å². The first-order valence-electron chi connectivity index (χ1n) is 8.69. The van der Waals surface area contributed by atoms with Crippen molar-refractivity contribution in [3.63, 3.8) is 0 Å². The van der Waals surface area contributed by atoms with Crippen molar-refractivity contribution in [1.82, 2.24) is 4.90 Å². The highest BCUT2D eigenvalue weighted by molar-refractivity contribution is 5.75. The van der Waals surface area contributed by atoms with Gasteiger partial charge in [-0.15, -0.1) is 0 Å². The van der Waals surface area contributed by atoms with Crippen LogP contribution in [0.4, 0.5) is 4.39 Å². The molecule has 2 unspecified atom stereocenters. The lowest BCUT2D eigenvalue weighted by molar-refractivity contribution is -0.0715. The molecule has 1 aliphatic carbocycles. The number of hydrogen-bond acceptors (Lipinski definition) is 2. The molecule has 3 saturated heterocycles. The van der Waals surface area contributed by atoms with Gasteiger partial charge in [0.1, 0.15) is 5.60 Å².